The first-order valence-corrected chi connectivity index (χ1v) is 8.08. The van der Waals surface area contributed by atoms with Gasteiger partial charge in [-0.15, -0.1) is 0 Å². The van der Waals surface area contributed by atoms with Crippen molar-refractivity contribution in [2.45, 2.75) is 38.1 Å². The van der Waals surface area contributed by atoms with E-state index in [1.165, 1.54) is 10.7 Å². The second-order valence-corrected chi connectivity index (χ2v) is 5.94. The van der Waals surface area contributed by atoms with Gasteiger partial charge < -0.3 is 4.74 Å². The number of methoxy groups -OCH3 is 1. The molecule has 0 radical (unpaired) electrons. The average molecular weight is 295 g/mol. The molecule has 0 amide bonds. The Hall–Kier alpha value is -1.49. The van der Waals surface area contributed by atoms with Gasteiger partial charge in [-0.3, -0.25) is 4.31 Å². The number of rotatable bonds is 5. The minimum Gasteiger partial charge on any atom is -0.497 e. The van der Waals surface area contributed by atoms with Crippen LogP contribution >= 0.6 is 0 Å². The molecule has 1 aromatic rings. The van der Waals surface area contributed by atoms with Crippen LogP contribution < -0.4 is 4.74 Å². The van der Waals surface area contributed by atoms with E-state index < -0.39 is 10.9 Å². The standard InChI is InChI=1S/C15H21NO3S/c1-19-15-9-7-13(8-10-15)11-12-16(20(17)18)14-5-3-2-4-6-14/h7-12,14,20H,2-6H2,1H3. The van der Waals surface area contributed by atoms with Crippen LogP contribution in [0.4, 0.5) is 0 Å². The summed E-state index contributed by atoms with van der Waals surface area (Å²) < 4.78 is 29.4. The number of ether oxygens (including phenoxy) is 1. The monoisotopic (exact) mass is 295 g/mol. The van der Waals surface area contributed by atoms with Gasteiger partial charge in [-0.05, 0) is 36.6 Å². The molecule has 0 atom stereocenters. The highest BCUT2D eigenvalue weighted by atomic mass is 32.2. The van der Waals surface area contributed by atoms with E-state index in [2.05, 4.69) is 0 Å². The molecule has 1 saturated carbocycles. The van der Waals surface area contributed by atoms with Crippen molar-refractivity contribution in [1.29, 1.82) is 0 Å². The zero-order valence-electron chi connectivity index (χ0n) is 11.7. The lowest BCUT2D eigenvalue weighted by molar-refractivity contribution is 0.312. The van der Waals surface area contributed by atoms with Crippen LogP contribution in [0.25, 0.3) is 6.08 Å². The fraction of sp³-hybridized carbons (Fsp3) is 0.467. The highest BCUT2D eigenvalue weighted by molar-refractivity contribution is 7.70. The van der Waals surface area contributed by atoms with Crippen LogP contribution in [0.5, 0.6) is 5.75 Å². The van der Waals surface area contributed by atoms with E-state index >= 15 is 0 Å². The SMILES string of the molecule is COc1ccc(C=CN(C2CCCCC2)[SH](=O)=O)cc1. The smallest absolute Gasteiger partial charge is 0.224 e. The molecule has 1 fully saturated rings. The van der Waals surface area contributed by atoms with Crippen molar-refractivity contribution in [3.8, 4) is 5.75 Å². The Morgan fingerprint density at radius 3 is 2.35 bits per heavy atom. The van der Waals surface area contributed by atoms with Crippen molar-refractivity contribution in [1.82, 2.24) is 4.31 Å². The molecule has 4 nitrogen and oxygen atoms in total. The Bertz CT molecular complexity index is 508. The molecule has 2 rings (SSSR count). The van der Waals surface area contributed by atoms with Crippen LogP contribution in [0, 0.1) is 0 Å². The molecule has 0 spiro atoms. The third-order valence-corrected chi connectivity index (χ3v) is 4.51. The van der Waals surface area contributed by atoms with Crippen molar-refractivity contribution < 1.29 is 13.2 Å². The molecule has 5 heteroatoms. The van der Waals surface area contributed by atoms with Crippen molar-refractivity contribution >= 4 is 17.0 Å². The maximum absolute atomic E-state index is 11.4. The molecule has 110 valence electrons. The molecule has 0 saturated heterocycles. The first kappa shape index (κ1) is 14.9. The van der Waals surface area contributed by atoms with Gasteiger partial charge in [0.15, 0.2) is 0 Å². The number of thiol groups is 1. The predicted molar refractivity (Wildman–Crippen MR) is 81.1 cm³/mol. The molecule has 0 unspecified atom stereocenters. The summed E-state index contributed by atoms with van der Waals surface area (Å²) in [5.41, 5.74) is 0.962. The quantitative estimate of drug-likeness (QED) is 0.850. The van der Waals surface area contributed by atoms with Gasteiger partial charge in [0.05, 0.1) is 7.11 Å². The second kappa shape index (κ2) is 7.33. The molecule has 20 heavy (non-hydrogen) atoms. The Morgan fingerprint density at radius 2 is 1.80 bits per heavy atom. The number of hydrogen-bond donors (Lipinski definition) is 1. The third kappa shape index (κ3) is 4.00. The molecule has 0 aliphatic heterocycles. The first-order chi connectivity index (χ1) is 9.70. The summed E-state index contributed by atoms with van der Waals surface area (Å²) in [6, 6.07) is 7.67. The van der Waals surface area contributed by atoms with Gasteiger partial charge >= 0.3 is 0 Å². The van der Waals surface area contributed by atoms with Gasteiger partial charge in [-0.2, -0.15) is 0 Å². The minimum absolute atomic E-state index is 0.124. The topological polar surface area (TPSA) is 46.6 Å². The van der Waals surface area contributed by atoms with Gasteiger partial charge in [-0.25, -0.2) is 8.42 Å². The lowest BCUT2D eigenvalue weighted by Gasteiger charge is -2.28. The molecule has 0 heterocycles. The Labute approximate surface area is 122 Å². The van der Waals surface area contributed by atoms with E-state index in [1.54, 1.807) is 13.3 Å². The van der Waals surface area contributed by atoms with Crippen LogP contribution in [-0.4, -0.2) is 25.9 Å². The fourth-order valence-electron chi connectivity index (χ4n) is 2.53. The Balaban J connectivity index is 2.08. The fourth-order valence-corrected chi connectivity index (χ4v) is 3.21. The lowest BCUT2D eigenvalue weighted by Crippen LogP contribution is -2.31. The molecular formula is C15H21NO3S. The second-order valence-electron chi connectivity index (χ2n) is 5.00. The molecule has 0 N–H and O–H groups in total. The zero-order chi connectivity index (χ0) is 14.4. The molecular weight excluding hydrogens is 274 g/mol. The van der Waals surface area contributed by atoms with Gasteiger partial charge in [-0.1, -0.05) is 31.4 Å². The predicted octanol–water partition coefficient (Wildman–Crippen LogP) is 2.83. The summed E-state index contributed by atoms with van der Waals surface area (Å²) in [6.07, 6.45) is 8.86. The maximum Gasteiger partial charge on any atom is 0.224 e. The van der Waals surface area contributed by atoms with Crippen molar-refractivity contribution in [2.75, 3.05) is 7.11 Å². The van der Waals surface area contributed by atoms with Crippen molar-refractivity contribution in [3.05, 3.63) is 36.0 Å². The molecule has 0 bridgehead atoms. The molecule has 1 aromatic carbocycles. The average Bonchev–Trinajstić information content (AvgIpc) is 2.49. The highest BCUT2D eigenvalue weighted by Crippen LogP contribution is 2.23. The van der Waals surface area contributed by atoms with E-state index in [4.69, 9.17) is 4.74 Å². The summed E-state index contributed by atoms with van der Waals surface area (Å²) in [5, 5.41) is 0. The normalized spacial score (nSPS) is 16.7. The van der Waals surface area contributed by atoms with Crippen LogP contribution in [0.1, 0.15) is 37.7 Å². The summed E-state index contributed by atoms with van der Waals surface area (Å²) in [4.78, 5) is 0. The summed E-state index contributed by atoms with van der Waals surface area (Å²) in [6.45, 7) is 0. The van der Waals surface area contributed by atoms with Crippen LogP contribution in [0.3, 0.4) is 0 Å². The van der Waals surface area contributed by atoms with E-state index in [0.717, 1.165) is 37.0 Å². The van der Waals surface area contributed by atoms with Gasteiger partial charge in [0.2, 0.25) is 10.9 Å². The number of benzene rings is 1. The third-order valence-electron chi connectivity index (χ3n) is 3.67. The first-order valence-electron chi connectivity index (χ1n) is 6.95. The maximum atomic E-state index is 11.4. The van der Waals surface area contributed by atoms with Crippen LogP contribution in [0.2, 0.25) is 0 Å². The number of hydrogen-bond acceptors (Lipinski definition) is 3. The lowest BCUT2D eigenvalue weighted by atomic mass is 9.96. The van der Waals surface area contributed by atoms with Crippen molar-refractivity contribution in [3.63, 3.8) is 0 Å². The Morgan fingerprint density at radius 1 is 1.15 bits per heavy atom. The van der Waals surface area contributed by atoms with E-state index in [0.29, 0.717) is 0 Å². The van der Waals surface area contributed by atoms with Crippen LogP contribution in [-0.2, 0) is 10.9 Å². The van der Waals surface area contributed by atoms with Gasteiger partial charge in [0, 0.05) is 12.2 Å². The van der Waals surface area contributed by atoms with Gasteiger partial charge in [0.1, 0.15) is 5.75 Å². The molecule has 0 aromatic heterocycles. The number of nitrogens with zero attached hydrogens (tertiary/aromatic N) is 1. The van der Waals surface area contributed by atoms with Crippen LogP contribution in [0.15, 0.2) is 30.5 Å². The summed E-state index contributed by atoms with van der Waals surface area (Å²) in [7, 11) is -0.948. The van der Waals surface area contributed by atoms with E-state index in [-0.39, 0.29) is 6.04 Å². The minimum atomic E-state index is -2.57. The molecule has 1 aliphatic carbocycles. The summed E-state index contributed by atoms with van der Waals surface area (Å²) >= 11 is 0. The molecule has 1 aliphatic rings. The summed E-state index contributed by atoms with van der Waals surface area (Å²) in [5.74, 6) is 0.793. The highest BCUT2D eigenvalue weighted by Gasteiger charge is 2.19. The van der Waals surface area contributed by atoms with Crippen molar-refractivity contribution in [2.24, 2.45) is 0 Å². The van der Waals surface area contributed by atoms with E-state index in [1.807, 2.05) is 30.3 Å². The van der Waals surface area contributed by atoms with E-state index in [9.17, 15) is 8.42 Å². The Kier molecular flexibility index (Phi) is 5.47. The van der Waals surface area contributed by atoms with Gasteiger partial charge in [0.25, 0.3) is 0 Å². The largest absolute Gasteiger partial charge is 0.497 e. The zero-order valence-corrected chi connectivity index (χ0v) is 12.6.